The number of aromatic nitrogens is 3. The molecule has 5 rings (SSSR count). The van der Waals surface area contributed by atoms with Gasteiger partial charge in [0.2, 0.25) is 5.91 Å². The van der Waals surface area contributed by atoms with Crippen LogP contribution >= 0.6 is 11.6 Å². The molecule has 1 amide bonds. The Bertz CT molecular complexity index is 1090. The highest BCUT2D eigenvalue weighted by molar-refractivity contribution is 6.30. The molecule has 9 nitrogen and oxygen atoms in total. The minimum atomic E-state index is -0.891. The second kappa shape index (κ2) is 9.35. The van der Waals surface area contributed by atoms with Crippen LogP contribution in [-0.4, -0.2) is 90.5 Å². The Morgan fingerprint density at radius 3 is 3.06 bits per heavy atom. The Labute approximate surface area is 200 Å². The maximum Gasteiger partial charge on any atom is 0.319 e. The average molecular weight is 497 g/mol. The number of ether oxygens (including phenoxy) is 2. The zero-order valence-electron chi connectivity index (χ0n) is 18.9. The van der Waals surface area contributed by atoms with Gasteiger partial charge in [-0.25, -0.2) is 13.8 Å². The summed E-state index contributed by atoms with van der Waals surface area (Å²) in [6.07, 6.45) is 2.73. The van der Waals surface area contributed by atoms with Crippen LogP contribution in [0.4, 0.5) is 14.6 Å². The van der Waals surface area contributed by atoms with Crippen LogP contribution in [0.3, 0.4) is 0 Å². The highest BCUT2D eigenvalue weighted by Gasteiger charge is 2.49. The molecule has 0 bridgehead atoms. The van der Waals surface area contributed by atoms with Gasteiger partial charge >= 0.3 is 6.01 Å². The fourth-order valence-corrected chi connectivity index (χ4v) is 5.46. The number of halogens is 3. The van der Waals surface area contributed by atoms with E-state index in [-0.39, 0.29) is 35.8 Å². The molecule has 12 heteroatoms. The third kappa shape index (κ3) is 4.25. The molecule has 0 aromatic carbocycles. The molecular weight excluding hydrogens is 470 g/mol. The van der Waals surface area contributed by atoms with E-state index in [2.05, 4.69) is 25.2 Å². The summed E-state index contributed by atoms with van der Waals surface area (Å²) in [6, 6.07) is -0.0196. The van der Waals surface area contributed by atoms with Crippen molar-refractivity contribution >= 4 is 34.2 Å². The Balaban J connectivity index is 1.50. The quantitative estimate of drug-likeness (QED) is 0.628. The van der Waals surface area contributed by atoms with Gasteiger partial charge in [-0.2, -0.15) is 9.97 Å². The van der Waals surface area contributed by atoms with Crippen molar-refractivity contribution in [2.75, 3.05) is 57.9 Å². The highest BCUT2D eigenvalue weighted by atomic mass is 35.5. The summed E-state index contributed by atoms with van der Waals surface area (Å²) in [5.41, 5.74) is -0.412. The van der Waals surface area contributed by atoms with Gasteiger partial charge in [0, 0.05) is 39.3 Å². The van der Waals surface area contributed by atoms with Crippen LogP contribution in [0.5, 0.6) is 6.01 Å². The maximum atomic E-state index is 15.0. The molecule has 5 heterocycles. The molecule has 0 aliphatic carbocycles. The fraction of sp³-hybridized carbons (Fsp3) is 0.636. The van der Waals surface area contributed by atoms with E-state index in [0.29, 0.717) is 43.9 Å². The van der Waals surface area contributed by atoms with E-state index in [1.54, 1.807) is 7.05 Å². The molecule has 1 unspecified atom stereocenters. The number of pyridine rings is 1. The Hall–Kier alpha value is -2.37. The molecule has 184 valence electrons. The summed E-state index contributed by atoms with van der Waals surface area (Å²) in [7, 11) is 1.57. The van der Waals surface area contributed by atoms with Crippen molar-refractivity contribution in [2.24, 2.45) is 5.92 Å². The number of alkyl halides is 1. The van der Waals surface area contributed by atoms with Gasteiger partial charge in [0.1, 0.15) is 24.1 Å². The van der Waals surface area contributed by atoms with Crippen LogP contribution < -0.4 is 15.0 Å². The number of hydrogen-bond acceptors (Lipinski definition) is 8. The fourth-order valence-electron chi connectivity index (χ4n) is 5.32. The zero-order chi connectivity index (χ0) is 23.9. The predicted octanol–water partition coefficient (Wildman–Crippen LogP) is 1.97. The van der Waals surface area contributed by atoms with Crippen molar-refractivity contribution in [1.82, 2.24) is 25.2 Å². The van der Waals surface area contributed by atoms with E-state index in [1.165, 1.54) is 6.20 Å². The van der Waals surface area contributed by atoms with Gasteiger partial charge in [0.05, 0.1) is 30.1 Å². The second-order valence-electron chi connectivity index (χ2n) is 9.15. The van der Waals surface area contributed by atoms with Crippen molar-refractivity contribution in [3.63, 3.8) is 0 Å². The van der Waals surface area contributed by atoms with Gasteiger partial charge in [0.25, 0.3) is 0 Å². The normalized spacial score (nSPS) is 27.6. The van der Waals surface area contributed by atoms with Gasteiger partial charge in [0.15, 0.2) is 11.0 Å². The molecule has 0 saturated carbocycles. The first-order valence-corrected chi connectivity index (χ1v) is 11.9. The van der Waals surface area contributed by atoms with Crippen molar-refractivity contribution in [2.45, 2.75) is 31.0 Å². The summed E-state index contributed by atoms with van der Waals surface area (Å²) >= 11 is 5.93. The molecular formula is C22H27ClF2N6O3. The third-order valence-corrected chi connectivity index (χ3v) is 7.28. The van der Waals surface area contributed by atoms with E-state index < -0.39 is 23.4 Å². The van der Waals surface area contributed by atoms with Crippen LogP contribution in [0.2, 0.25) is 5.15 Å². The number of rotatable bonds is 5. The number of carbonyl (C=O) groups excluding carboxylic acids is 1. The SMILES string of the molecule is CNC(=O)C1COCCN(c2nc(OC[C@@]34CCCN3C[C@H](F)C4)nc3c(F)c(Cl)ncc23)C1. The summed E-state index contributed by atoms with van der Waals surface area (Å²) in [6.45, 7) is 2.83. The highest BCUT2D eigenvalue weighted by Crippen LogP contribution is 2.40. The lowest BCUT2D eigenvalue weighted by Gasteiger charge is -2.31. The summed E-state index contributed by atoms with van der Waals surface area (Å²) in [5.74, 6) is -0.973. The molecule has 3 fully saturated rings. The molecule has 0 radical (unpaired) electrons. The van der Waals surface area contributed by atoms with Gasteiger partial charge in [-0.15, -0.1) is 0 Å². The Morgan fingerprint density at radius 2 is 2.24 bits per heavy atom. The van der Waals surface area contributed by atoms with Crippen molar-refractivity contribution in [3.8, 4) is 6.01 Å². The lowest BCUT2D eigenvalue weighted by atomic mass is 9.95. The van der Waals surface area contributed by atoms with Crippen LogP contribution in [0.25, 0.3) is 10.9 Å². The largest absolute Gasteiger partial charge is 0.461 e. The molecule has 3 aliphatic heterocycles. The Kier molecular flexibility index (Phi) is 6.43. The maximum absolute atomic E-state index is 15.0. The number of anilines is 1. The summed E-state index contributed by atoms with van der Waals surface area (Å²) < 4.78 is 40.7. The van der Waals surface area contributed by atoms with Gasteiger partial charge in [-0.1, -0.05) is 11.6 Å². The molecule has 34 heavy (non-hydrogen) atoms. The van der Waals surface area contributed by atoms with Crippen LogP contribution in [0, 0.1) is 11.7 Å². The second-order valence-corrected chi connectivity index (χ2v) is 9.51. The number of fused-ring (bicyclic) bond motifs is 2. The number of amides is 1. The van der Waals surface area contributed by atoms with Gasteiger partial charge in [-0.3, -0.25) is 9.69 Å². The van der Waals surface area contributed by atoms with Crippen molar-refractivity contribution < 1.29 is 23.0 Å². The smallest absolute Gasteiger partial charge is 0.319 e. The van der Waals surface area contributed by atoms with Gasteiger partial charge < -0.3 is 19.7 Å². The number of nitrogens with one attached hydrogen (secondary N) is 1. The standard InChI is InChI=1S/C22H27ClF2N6O3/c1-26-20(32)13-9-30(5-6-33-11-13)19-15-8-27-18(23)16(25)17(15)28-21(29-19)34-12-22-3-2-4-31(22)10-14(24)7-22/h8,13-14H,2-7,9-12H2,1H3,(H,26,32)/t13?,14-,22+/m1/s1. The summed E-state index contributed by atoms with van der Waals surface area (Å²) in [5, 5.41) is 2.70. The Morgan fingerprint density at radius 1 is 1.38 bits per heavy atom. The van der Waals surface area contributed by atoms with E-state index in [0.717, 1.165) is 19.4 Å². The van der Waals surface area contributed by atoms with Crippen molar-refractivity contribution in [3.05, 3.63) is 17.2 Å². The van der Waals surface area contributed by atoms with E-state index in [4.69, 9.17) is 21.1 Å². The van der Waals surface area contributed by atoms with Crippen LogP contribution in [0.15, 0.2) is 6.20 Å². The van der Waals surface area contributed by atoms with E-state index >= 15 is 0 Å². The number of hydrogen-bond donors (Lipinski definition) is 1. The van der Waals surface area contributed by atoms with Crippen LogP contribution in [-0.2, 0) is 9.53 Å². The molecule has 3 atom stereocenters. The van der Waals surface area contributed by atoms with E-state index in [1.807, 2.05) is 4.90 Å². The summed E-state index contributed by atoms with van der Waals surface area (Å²) in [4.78, 5) is 29.1. The first-order chi connectivity index (χ1) is 16.4. The van der Waals surface area contributed by atoms with Gasteiger partial charge in [-0.05, 0) is 19.4 Å². The third-order valence-electron chi connectivity index (χ3n) is 7.01. The molecule has 3 saturated heterocycles. The lowest BCUT2D eigenvalue weighted by molar-refractivity contribution is -0.125. The lowest BCUT2D eigenvalue weighted by Crippen LogP contribution is -2.43. The van der Waals surface area contributed by atoms with Crippen molar-refractivity contribution in [1.29, 1.82) is 0 Å². The minimum Gasteiger partial charge on any atom is -0.461 e. The molecule has 2 aromatic rings. The average Bonchev–Trinajstić information content (AvgIpc) is 3.23. The molecule has 1 N–H and O–H groups in total. The molecule has 3 aliphatic rings. The molecule has 0 spiro atoms. The first kappa shape index (κ1) is 23.4. The number of nitrogens with zero attached hydrogens (tertiary/aromatic N) is 5. The van der Waals surface area contributed by atoms with E-state index in [9.17, 15) is 13.6 Å². The van der Waals surface area contributed by atoms with Crippen LogP contribution in [0.1, 0.15) is 19.3 Å². The monoisotopic (exact) mass is 496 g/mol. The molecule has 2 aromatic heterocycles. The first-order valence-electron chi connectivity index (χ1n) is 11.5. The predicted molar refractivity (Wildman–Crippen MR) is 121 cm³/mol. The number of carbonyl (C=O) groups is 1. The zero-order valence-corrected chi connectivity index (χ0v) is 19.7. The minimum absolute atomic E-state index is 0.0165. The topological polar surface area (TPSA) is 92.7 Å².